The molecule has 1 N–H and O–H groups in total. The normalized spacial score (nSPS) is 15.3. The average molecular weight is 445 g/mol. The number of aliphatic hydroxyl groups is 1. The summed E-state index contributed by atoms with van der Waals surface area (Å²) in [5.74, 6) is 0. The highest BCUT2D eigenvalue weighted by molar-refractivity contribution is 7.95. The fourth-order valence-corrected chi connectivity index (χ4v) is 3.96. The first-order chi connectivity index (χ1) is 13.4. The Hall–Kier alpha value is -1.29. The molecule has 0 saturated carbocycles. The van der Waals surface area contributed by atoms with E-state index < -0.39 is 32.7 Å². The zero-order valence-corrected chi connectivity index (χ0v) is 20.3. The minimum Gasteiger partial charge on any atom is -0.385 e. The van der Waals surface area contributed by atoms with Crippen LogP contribution in [0.1, 0.15) is 61.0 Å². The Morgan fingerprint density at radius 2 is 1.47 bits per heavy atom. The van der Waals surface area contributed by atoms with Crippen LogP contribution in [-0.4, -0.2) is 43.0 Å². The zero-order valence-electron chi connectivity index (χ0n) is 19.5. The van der Waals surface area contributed by atoms with Gasteiger partial charge in [0.2, 0.25) is 9.84 Å². The van der Waals surface area contributed by atoms with E-state index in [0.717, 1.165) is 5.56 Å². The molecule has 0 heterocycles. The number of hydrogen-bond donors (Lipinski definition) is 1. The molecule has 0 aliphatic heterocycles. The molecule has 0 radical (unpaired) electrons. The van der Waals surface area contributed by atoms with E-state index in [1.807, 2.05) is 27.7 Å². The maximum absolute atomic E-state index is 13.3. The van der Waals surface area contributed by atoms with Crippen molar-refractivity contribution < 1.29 is 33.1 Å². The Bertz CT molecular complexity index is 805. The standard InChI is InChI=1S/C22H36O7S/c1-16-10-12-18(13-11-16)30(24,25)19(22(8,9)23)14-17(27-29-21(5,6)7)15-26-28-20(2,3)4/h10-14,17,23H,15H2,1-9H3/b19-14+. The van der Waals surface area contributed by atoms with Crippen molar-refractivity contribution in [3.05, 3.63) is 40.8 Å². The molecule has 1 atom stereocenters. The Kier molecular flexibility index (Phi) is 8.82. The molecule has 0 aromatic heterocycles. The lowest BCUT2D eigenvalue weighted by Crippen LogP contribution is -2.32. The highest BCUT2D eigenvalue weighted by atomic mass is 32.2. The summed E-state index contributed by atoms with van der Waals surface area (Å²) >= 11 is 0. The molecule has 1 aromatic carbocycles. The number of sulfone groups is 1. The van der Waals surface area contributed by atoms with Crippen LogP contribution in [0.2, 0.25) is 0 Å². The molecule has 0 saturated heterocycles. The van der Waals surface area contributed by atoms with E-state index in [0.29, 0.717) is 0 Å². The summed E-state index contributed by atoms with van der Waals surface area (Å²) in [5, 5.41) is 10.6. The maximum Gasteiger partial charge on any atom is 0.205 e. The summed E-state index contributed by atoms with van der Waals surface area (Å²) in [5.41, 5.74) is -1.94. The fraction of sp³-hybridized carbons (Fsp3) is 0.636. The largest absolute Gasteiger partial charge is 0.385 e. The van der Waals surface area contributed by atoms with E-state index in [1.54, 1.807) is 32.9 Å². The monoisotopic (exact) mass is 444 g/mol. The molecule has 8 heteroatoms. The SMILES string of the molecule is Cc1ccc(S(=O)(=O)/C(=C/C(COOC(C)(C)C)OOC(C)(C)C)C(C)(C)O)cc1. The van der Waals surface area contributed by atoms with Crippen LogP contribution >= 0.6 is 0 Å². The Labute approximate surface area is 180 Å². The van der Waals surface area contributed by atoms with Gasteiger partial charge in [0.1, 0.15) is 12.7 Å². The second-order valence-electron chi connectivity index (χ2n) is 9.72. The summed E-state index contributed by atoms with van der Waals surface area (Å²) in [6.07, 6.45) is 0.348. The van der Waals surface area contributed by atoms with Gasteiger partial charge in [-0.05, 0) is 80.5 Å². The van der Waals surface area contributed by atoms with Crippen LogP contribution in [0.4, 0.5) is 0 Å². The van der Waals surface area contributed by atoms with Crippen LogP contribution in [0, 0.1) is 6.92 Å². The molecule has 0 bridgehead atoms. The van der Waals surface area contributed by atoms with Crippen LogP contribution in [0.15, 0.2) is 40.1 Å². The summed E-state index contributed by atoms with van der Waals surface area (Å²) in [7, 11) is -4.00. The molecule has 0 fully saturated rings. The third kappa shape index (κ3) is 9.24. The second kappa shape index (κ2) is 9.89. The van der Waals surface area contributed by atoms with Crippen molar-refractivity contribution in [3.8, 4) is 0 Å². The lowest BCUT2D eigenvalue weighted by Gasteiger charge is -2.26. The molecule has 1 aromatic rings. The van der Waals surface area contributed by atoms with E-state index in [-0.39, 0.29) is 16.4 Å². The van der Waals surface area contributed by atoms with Gasteiger partial charge in [-0.1, -0.05) is 17.7 Å². The number of rotatable bonds is 9. The Morgan fingerprint density at radius 3 is 1.90 bits per heavy atom. The van der Waals surface area contributed by atoms with Gasteiger partial charge in [-0.2, -0.15) is 0 Å². The molecular weight excluding hydrogens is 408 g/mol. The van der Waals surface area contributed by atoms with Crippen LogP contribution in [-0.2, 0) is 29.4 Å². The summed E-state index contributed by atoms with van der Waals surface area (Å²) in [4.78, 5) is 21.2. The van der Waals surface area contributed by atoms with E-state index >= 15 is 0 Å². The van der Waals surface area contributed by atoms with Gasteiger partial charge < -0.3 is 5.11 Å². The number of aryl methyl sites for hydroxylation is 1. The highest BCUT2D eigenvalue weighted by Crippen LogP contribution is 2.29. The van der Waals surface area contributed by atoms with Crippen LogP contribution in [0.25, 0.3) is 0 Å². The molecule has 0 amide bonds. The van der Waals surface area contributed by atoms with E-state index in [1.165, 1.54) is 32.1 Å². The predicted molar refractivity (Wildman–Crippen MR) is 115 cm³/mol. The van der Waals surface area contributed by atoms with Crippen molar-refractivity contribution >= 4 is 9.84 Å². The van der Waals surface area contributed by atoms with Gasteiger partial charge in [0, 0.05) is 0 Å². The fourth-order valence-electron chi connectivity index (χ4n) is 2.22. The summed E-state index contributed by atoms with van der Waals surface area (Å²) in [6.45, 7) is 15.3. The van der Waals surface area contributed by atoms with Crippen molar-refractivity contribution in [2.24, 2.45) is 0 Å². The predicted octanol–water partition coefficient (Wildman–Crippen LogP) is 4.29. The first-order valence-electron chi connectivity index (χ1n) is 9.83. The molecule has 30 heavy (non-hydrogen) atoms. The molecule has 0 aliphatic carbocycles. The van der Waals surface area contributed by atoms with Crippen molar-refractivity contribution in [3.63, 3.8) is 0 Å². The summed E-state index contributed by atoms with van der Waals surface area (Å²) in [6, 6.07) is 6.41. The Balaban J connectivity index is 3.32. The van der Waals surface area contributed by atoms with Gasteiger partial charge in [-0.3, -0.25) is 0 Å². The third-order valence-corrected chi connectivity index (χ3v) is 5.63. The molecule has 0 aliphatic rings. The summed E-state index contributed by atoms with van der Waals surface area (Å²) < 4.78 is 26.5. The quantitative estimate of drug-likeness (QED) is 0.449. The first-order valence-corrected chi connectivity index (χ1v) is 11.3. The molecule has 0 spiro atoms. The highest BCUT2D eigenvalue weighted by Gasteiger charge is 2.34. The lowest BCUT2D eigenvalue weighted by molar-refractivity contribution is -0.402. The first kappa shape index (κ1) is 26.7. The van der Waals surface area contributed by atoms with Crippen LogP contribution in [0.3, 0.4) is 0 Å². The van der Waals surface area contributed by atoms with Gasteiger partial charge in [0.05, 0.1) is 26.6 Å². The van der Waals surface area contributed by atoms with Crippen molar-refractivity contribution in [1.82, 2.24) is 0 Å². The van der Waals surface area contributed by atoms with Gasteiger partial charge in [-0.15, -0.1) is 0 Å². The van der Waals surface area contributed by atoms with Gasteiger partial charge >= 0.3 is 0 Å². The minimum atomic E-state index is -4.00. The van der Waals surface area contributed by atoms with Crippen molar-refractivity contribution in [2.45, 2.75) is 90.1 Å². The van der Waals surface area contributed by atoms with Crippen LogP contribution < -0.4 is 0 Å². The van der Waals surface area contributed by atoms with E-state index in [2.05, 4.69) is 0 Å². The van der Waals surface area contributed by atoms with Crippen LogP contribution in [0.5, 0.6) is 0 Å². The zero-order chi connectivity index (χ0) is 23.4. The van der Waals surface area contributed by atoms with Gasteiger partial charge in [-0.25, -0.2) is 28.0 Å². The van der Waals surface area contributed by atoms with Gasteiger partial charge in [0.25, 0.3) is 0 Å². The van der Waals surface area contributed by atoms with Crippen molar-refractivity contribution in [1.29, 1.82) is 0 Å². The molecule has 7 nitrogen and oxygen atoms in total. The second-order valence-corrected chi connectivity index (χ2v) is 11.6. The van der Waals surface area contributed by atoms with E-state index in [9.17, 15) is 13.5 Å². The minimum absolute atomic E-state index is 0.0730. The Morgan fingerprint density at radius 1 is 0.967 bits per heavy atom. The van der Waals surface area contributed by atoms with E-state index in [4.69, 9.17) is 19.6 Å². The van der Waals surface area contributed by atoms with Gasteiger partial charge in [0.15, 0.2) is 0 Å². The number of hydrogen-bond acceptors (Lipinski definition) is 7. The topological polar surface area (TPSA) is 91.3 Å². The molecule has 1 rings (SSSR count). The number of benzene rings is 1. The molecular formula is C22H36O7S. The van der Waals surface area contributed by atoms with Crippen molar-refractivity contribution in [2.75, 3.05) is 6.61 Å². The third-order valence-electron chi connectivity index (χ3n) is 3.52. The average Bonchev–Trinajstić information content (AvgIpc) is 2.54. The lowest BCUT2D eigenvalue weighted by atomic mass is 10.1. The maximum atomic E-state index is 13.3. The molecule has 1 unspecified atom stereocenters. The molecule has 172 valence electrons. The smallest absolute Gasteiger partial charge is 0.205 e.